The van der Waals surface area contributed by atoms with E-state index in [0.29, 0.717) is 10.6 Å². The van der Waals surface area contributed by atoms with Crippen LogP contribution in [0.1, 0.15) is 9.67 Å². The monoisotopic (exact) mass is 279 g/mol. The summed E-state index contributed by atoms with van der Waals surface area (Å²) in [5.41, 5.74) is 7.34. The van der Waals surface area contributed by atoms with Crippen molar-refractivity contribution in [3.05, 3.63) is 35.2 Å². The minimum atomic E-state index is -0.385. The largest absolute Gasteiger partial charge is 0.465 e. The first-order valence-electron chi connectivity index (χ1n) is 5.27. The van der Waals surface area contributed by atoms with Gasteiger partial charge in [0.1, 0.15) is 4.88 Å². The zero-order valence-corrected chi connectivity index (χ0v) is 11.7. The van der Waals surface area contributed by atoms with Gasteiger partial charge in [0, 0.05) is 9.77 Å². The highest BCUT2D eigenvalue weighted by atomic mass is 32.2. The van der Waals surface area contributed by atoms with Crippen molar-refractivity contribution >= 4 is 34.8 Å². The number of methoxy groups -OCH3 is 1. The number of hydrogen-bond acceptors (Lipinski definition) is 5. The van der Waals surface area contributed by atoms with Crippen molar-refractivity contribution in [1.29, 1.82) is 0 Å². The standard InChI is InChI=1S/C13H13NO2S2/c1-16-13(15)12-10(14)7-11(18-12)8-3-5-9(17-2)6-4-8/h3-7H,14H2,1-2H3. The van der Waals surface area contributed by atoms with E-state index in [-0.39, 0.29) is 5.97 Å². The molecule has 0 bridgehead atoms. The Morgan fingerprint density at radius 1 is 1.33 bits per heavy atom. The molecule has 0 unspecified atom stereocenters. The second-order valence-electron chi connectivity index (χ2n) is 3.62. The molecule has 5 heteroatoms. The first kappa shape index (κ1) is 13.0. The Morgan fingerprint density at radius 2 is 2.00 bits per heavy atom. The minimum Gasteiger partial charge on any atom is -0.465 e. The van der Waals surface area contributed by atoms with Gasteiger partial charge in [0.2, 0.25) is 0 Å². The second-order valence-corrected chi connectivity index (χ2v) is 5.55. The van der Waals surface area contributed by atoms with Crippen molar-refractivity contribution < 1.29 is 9.53 Å². The van der Waals surface area contributed by atoms with Gasteiger partial charge in [-0.3, -0.25) is 0 Å². The van der Waals surface area contributed by atoms with Crippen molar-refractivity contribution in [2.24, 2.45) is 0 Å². The summed E-state index contributed by atoms with van der Waals surface area (Å²) in [5, 5.41) is 0. The maximum Gasteiger partial charge on any atom is 0.350 e. The van der Waals surface area contributed by atoms with Gasteiger partial charge < -0.3 is 10.5 Å². The predicted molar refractivity (Wildman–Crippen MR) is 77.3 cm³/mol. The number of thioether (sulfide) groups is 1. The minimum absolute atomic E-state index is 0.385. The molecule has 2 N–H and O–H groups in total. The lowest BCUT2D eigenvalue weighted by Crippen LogP contribution is -2.00. The number of nitrogens with two attached hydrogens (primary N) is 1. The first-order chi connectivity index (χ1) is 8.65. The average molecular weight is 279 g/mol. The van der Waals surface area contributed by atoms with Crippen LogP contribution in [0.3, 0.4) is 0 Å². The van der Waals surface area contributed by atoms with Crippen LogP contribution < -0.4 is 5.73 Å². The molecule has 0 saturated carbocycles. The molecule has 0 fully saturated rings. The molecule has 0 aliphatic rings. The first-order valence-corrected chi connectivity index (χ1v) is 7.32. The molecule has 0 radical (unpaired) electrons. The normalized spacial score (nSPS) is 10.3. The molecule has 2 aromatic rings. The van der Waals surface area contributed by atoms with Crippen LogP contribution in [0.15, 0.2) is 35.2 Å². The van der Waals surface area contributed by atoms with Gasteiger partial charge in [-0.15, -0.1) is 23.1 Å². The molecule has 0 atom stereocenters. The molecule has 18 heavy (non-hydrogen) atoms. The quantitative estimate of drug-likeness (QED) is 0.690. The lowest BCUT2D eigenvalue weighted by molar-refractivity contribution is 0.0607. The van der Waals surface area contributed by atoms with Crippen molar-refractivity contribution in [2.45, 2.75) is 4.90 Å². The molecule has 3 nitrogen and oxygen atoms in total. The van der Waals surface area contributed by atoms with Crippen LogP contribution in [-0.4, -0.2) is 19.3 Å². The number of benzene rings is 1. The molecule has 1 aromatic heterocycles. The number of nitrogen functional groups attached to an aromatic ring is 1. The van der Waals surface area contributed by atoms with Crippen LogP contribution in [0.2, 0.25) is 0 Å². The van der Waals surface area contributed by atoms with Gasteiger partial charge in [-0.05, 0) is 30.0 Å². The van der Waals surface area contributed by atoms with E-state index in [1.165, 1.54) is 23.3 Å². The van der Waals surface area contributed by atoms with Crippen LogP contribution in [-0.2, 0) is 4.74 Å². The summed E-state index contributed by atoms with van der Waals surface area (Å²) < 4.78 is 4.69. The van der Waals surface area contributed by atoms with Gasteiger partial charge in [0.05, 0.1) is 12.8 Å². The van der Waals surface area contributed by atoms with Crippen LogP contribution in [0.5, 0.6) is 0 Å². The van der Waals surface area contributed by atoms with E-state index in [9.17, 15) is 4.79 Å². The Labute approximate surface area is 114 Å². The summed E-state index contributed by atoms with van der Waals surface area (Å²) in [7, 11) is 1.36. The van der Waals surface area contributed by atoms with E-state index in [1.54, 1.807) is 11.8 Å². The van der Waals surface area contributed by atoms with E-state index in [0.717, 1.165) is 10.4 Å². The third-order valence-electron chi connectivity index (χ3n) is 2.51. The fraction of sp³-hybridized carbons (Fsp3) is 0.154. The van der Waals surface area contributed by atoms with Crippen LogP contribution >= 0.6 is 23.1 Å². The number of ether oxygens (including phenoxy) is 1. The second kappa shape index (κ2) is 5.46. The summed E-state index contributed by atoms with van der Waals surface area (Å²) in [4.78, 5) is 14.1. The van der Waals surface area contributed by atoms with Crippen molar-refractivity contribution in [2.75, 3.05) is 19.1 Å². The maximum absolute atomic E-state index is 11.5. The molecular weight excluding hydrogens is 266 g/mol. The summed E-state index contributed by atoms with van der Waals surface area (Å²) in [6.07, 6.45) is 2.04. The summed E-state index contributed by atoms with van der Waals surface area (Å²) >= 11 is 3.05. The van der Waals surface area contributed by atoms with Gasteiger partial charge in [0.15, 0.2) is 0 Å². The number of thiophene rings is 1. The smallest absolute Gasteiger partial charge is 0.350 e. The van der Waals surface area contributed by atoms with E-state index >= 15 is 0 Å². The molecule has 1 heterocycles. The van der Waals surface area contributed by atoms with Crippen molar-refractivity contribution in [1.82, 2.24) is 0 Å². The molecule has 0 aliphatic heterocycles. The van der Waals surface area contributed by atoms with E-state index in [4.69, 9.17) is 10.5 Å². The fourth-order valence-electron chi connectivity index (χ4n) is 1.55. The van der Waals surface area contributed by atoms with Gasteiger partial charge in [-0.25, -0.2) is 4.79 Å². The number of hydrogen-bond donors (Lipinski definition) is 1. The average Bonchev–Trinajstić information content (AvgIpc) is 2.80. The van der Waals surface area contributed by atoms with E-state index < -0.39 is 0 Å². The molecule has 0 spiro atoms. The van der Waals surface area contributed by atoms with Crippen molar-refractivity contribution in [3.8, 4) is 10.4 Å². The van der Waals surface area contributed by atoms with Gasteiger partial charge in [-0.1, -0.05) is 12.1 Å². The lowest BCUT2D eigenvalue weighted by Gasteiger charge is -1.99. The Hall–Kier alpha value is -1.46. The molecule has 0 aliphatic carbocycles. The number of esters is 1. The van der Waals surface area contributed by atoms with Crippen molar-refractivity contribution in [3.63, 3.8) is 0 Å². The number of anilines is 1. The Bertz CT molecular complexity index is 561. The summed E-state index contributed by atoms with van der Waals surface area (Å²) in [6.45, 7) is 0. The Kier molecular flexibility index (Phi) is 3.93. The Morgan fingerprint density at radius 3 is 2.56 bits per heavy atom. The SMILES string of the molecule is COC(=O)c1sc(-c2ccc(SC)cc2)cc1N. The Balaban J connectivity index is 2.36. The zero-order chi connectivity index (χ0) is 13.1. The summed E-state index contributed by atoms with van der Waals surface area (Å²) in [6, 6.07) is 9.96. The third kappa shape index (κ3) is 2.52. The van der Waals surface area contributed by atoms with Gasteiger partial charge >= 0.3 is 5.97 Å². The summed E-state index contributed by atoms with van der Waals surface area (Å²) in [5.74, 6) is -0.385. The predicted octanol–water partition coefficient (Wildman–Crippen LogP) is 3.51. The highest BCUT2D eigenvalue weighted by Crippen LogP contribution is 2.34. The highest BCUT2D eigenvalue weighted by molar-refractivity contribution is 7.98. The number of carbonyl (C=O) groups is 1. The molecule has 2 rings (SSSR count). The zero-order valence-electron chi connectivity index (χ0n) is 10.1. The lowest BCUT2D eigenvalue weighted by atomic mass is 10.2. The van der Waals surface area contributed by atoms with E-state index in [2.05, 4.69) is 0 Å². The van der Waals surface area contributed by atoms with E-state index in [1.807, 2.05) is 36.6 Å². The molecule has 0 amide bonds. The third-order valence-corrected chi connectivity index (χ3v) is 4.43. The molecule has 94 valence electrons. The topological polar surface area (TPSA) is 52.3 Å². The van der Waals surface area contributed by atoms with Gasteiger partial charge in [-0.2, -0.15) is 0 Å². The number of carbonyl (C=O) groups excluding carboxylic acids is 1. The maximum atomic E-state index is 11.5. The fourth-order valence-corrected chi connectivity index (χ4v) is 2.97. The van der Waals surface area contributed by atoms with Crippen LogP contribution in [0.4, 0.5) is 5.69 Å². The van der Waals surface area contributed by atoms with Gasteiger partial charge in [0.25, 0.3) is 0 Å². The number of rotatable bonds is 3. The highest BCUT2D eigenvalue weighted by Gasteiger charge is 2.15. The molecular formula is C13H13NO2S2. The van der Waals surface area contributed by atoms with Crippen LogP contribution in [0.25, 0.3) is 10.4 Å². The van der Waals surface area contributed by atoms with Crippen LogP contribution in [0, 0.1) is 0 Å². The molecule has 1 aromatic carbocycles. The molecule has 0 saturated heterocycles.